The van der Waals surface area contributed by atoms with Crippen molar-refractivity contribution in [1.82, 2.24) is 0 Å². The van der Waals surface area contributed by atoms with E-state index in [0.29, 0.717) is 11.3 Å². The highest BCUT2D eigenvalue weighted by Crippen LogP contribution is 2.09. The molecule has 13 heavy (non-hydrogen) atoms. The lowest BCUT2D eigenvalue weighted by Crippen LogP contribution is -2.16. The first-order chi connectivity index (χ1) is 6.09. The van der Waals surface area contributed by atoms with Gasteiger partial charge in [-0.25, -0.2) is 0 Å². The van der Waals surface area contributed by atoms with Crippen LogP contribution in [0.4, 0.5) is 0 Å². The fourth-order valence-corrected chi connectivity index (χ4v) is 1.09. The Bertz CT molecular complexity index is 197. The summed E-state index contributed by atoms with van der Waals surface area (Å²) in [6.07, 6.45) is 5.43. The average Bonchev–Trinajstić information content (AvgIpc) is 2.10. The van der Waals surface area contributed by atoms with Crippen molar-refractivity contribution in [3.05, 3.63) is 11.3 Å². The summed E-state index contributed by atoms with van der Waals surface area (Å²) < 4.78 is 0. The molecule has 3 heteroatoms. The second-order valence-electron chi connectivity index (χ2n) is 3.33. The molecule has 3 nitrogen and oxygen atoms in total. The maximum atomic E-state index is 10.7. The molecule has 4 N–H and O–H groups in total. The molecule has 0 aliphatic carbocycles. The van der Waals surface area contributed by atoms with Gasteiger partial charge in [-0.05, 0) is 19.8 Å². The molecule has 0 unspecified atom stereocenters. The van der Waals surface area contributed by atoms with Crippen molar-refractivity contribution >= 4 is 5.91 Å². The van der Waals surface area contributed by atoms with Crippen LogP contribution in [0.25, 0.3) is 0 Å². The van der Waals surface area contributed by atoms with Crippen LogP contribution in [0.3, 0.4) is 0 Å². The van der Waals surface area contributed by atoms with Crippen LogP contribution < -0.4 is 11.5 Å². The molecule has 0 aliphatic heterocycles. The quantitative estimate of drug-likeness (QED) is 0.487. The van der Waals surface area contributed by atoms with E-state index in [9.17, 15) is 4.79 Å². The van der Waals surface area contributed by atoms with E-state index < -0.39 is 5.91 Å². The summed E-state index contributed by atoms with van der Waals surface area (Å²) in [4.78, 5) is 10.7. The fraction of sp³-hybridized carbons (Fsp3) is 0.700. The number of allylic oxidation sites excluding steroid dienone is 1. The third-order valence-corrected chi connectivity index (χ3v) is 2.15. The van der Waals surface area contributed by atoms with Crippen molar-refractivity contribution < 1.29 is 4.79 Å². The molecule has 0 rings (SSSR count). The van der Waals surface area contributed by atoms with Crippen molar-refractivity contribution in [2.45, 2.75) is 46.0 Å². The van der Waals surface area contributed by atoms with Gasteiger partial charge < -0.3 is 11.5 Å². The summed E-state index contributed by atoms with van der Waals surface area (Å²) in [6, 6.07) is 0. The Morgan fingerprint density at radius 2 is 1.77 bits per heavy atom. The van der Waals surface area contributed by atoms with E-state index in [-0.39, 0.29) is 0 Å². The zero-order valence-electron chi connectivity index (χ0n) is 8.60. The topological polar surface area (TPSA) is 69.1 Å². The van der Waals surface area contributed by atoms with E-state index in [1.54, 1.807) is 6.92 Å². The maximum Gasteiger partial charge on any atom is 0.246 e. The molecular formula is C10H20N2O. The van der Waals surface area contributed by atoms with Gasteiger partial charge in [-0.2, -0.15) is 0 Å². The number of carbonyl (C=O) groups excluding carboxylic acids is 1. The lowest BCUT2D eigenvalue weighted by molar-refractivity contribution is -0.114. The molecule has 0 saturated carbocycles. The van der Waals surface area contributed by atoms with E-state index in [2.05, 4.69) is 6.92 Å². The number of unbranched alkanes of at least 4 members (excludes halogenated alkanes) is 3. The Hall–Kier alpha value is -0.990. The Morgan fingerprint density at radius 3 is 2.23 bits per heavy atom. The Kier molecular flexibility index (Phi) is 6.02. The van der Waals surface area contributed by atoms with Crippen molar-refractivity contribution in [2.24, 2.45) is 11.5 Å². The zero-order valence-corrected chi connectivity index (χ0v) is 8.60. The minimum atomic E-state index is -0.409. The molecule has 0 atom stereocenters. The van der Waals surface area contributed by atoms with Crippen molar-refractivity contribution in [2.75, 3.05) is 0 Å². The van der Waals surface area contributed by atoms with Gasteiger partial charge in [-0.3, -0.25) is 4.79 Å². The van der Waals surface area contributed by atoms with Crippen molar-refractivity contribution in [3.63, 3.8) is 0 Å². The number of hydrogen-bond donors (Lipinski definition) is 2. The largest absolute Gasteiger partial charge is 0.402 e. The molecular weight excluding hydrogens is 164 g/mol. The highest BCUT2D eigenvalue weighted by atomic mass is 16.1. The van der Waals surface area contributed by atoms with Gasteiger partial charge in [0.15, 0.2) is 0 Å². The molecule has 0 aromatic carbocycles. The van der Waals surface area contributed by atoms with Gasteiger partial charge in [-0.1, -0.05) is 26.2 Å². The highest BCUT2D eigenvalue weighted by molar-refractivity contribution is 5.91. The number of amides is 1. The Labute approximate surface area is 80.2 Å². The lowest BCUT2D eigenvalue weighted by atomic mass is 10.1. The van der Waals surface area contributed by atoms with Crippen LogP contribution in [-0.4, -0.2) is 5.91 Å². The number of primary amides is 1. The monoisotopic (exact) mass is 184 g/mol. The maximum absolute atomic E-state index is 10.7. The normalized spacial score (nSPS) is 12.5. The molecule has 0 bridgehead atoms. The van der Waals surface area contributed by atoms with Gasteiger partial charge in [-0.15, -0.1) is 0 Å². The van der Waals surface area contributed by atoms with E-state index in [0.717, 1.165) is 12.8 Å². The molecule has 0 aliphatic rings. The first-order valence-corrected chi connectivity index (χ1v) is 4.84. The lowest BCUT2D eigenvalue weighted by Gasteiger charge is -2.04. The summed E-state index contributed by atoms with van der Waals surface area (Å²) in [7, 11) is 0. The third-order valence-electron chi connectivity index (χ3n) is 2.15. The third kappa shape index (κ3) is 5.28. The summed E-state index contributed by atoms with van der Waals surface area (Å²) in [5, 5.41) is 0. The summed E-state index contributed by atoms with van der Waals surface area (Å²) in [5.74, 6) is -0.409. The molecule has 0 fully saturated rings. The minimum Gasteiger partial charge on any atom is -0.402 e. The average molecular weight is 184 g/mol. The van der Waals surface area contributed by atoms with Crippen molar-refractivity contribution in [1.29, 1.82) is 0 Å². The van der Waals surface area contributed by atoms with Gasteiger partial charge in [0.25, 0.3) is 0 Å². The molecule has 0 aromatic rings. The van der Waals surface area contributed by atoms with E-state index in [1.165, 1.54) is 19.3 Å². The molecule has 1 amide bonds. The predicted molar refractivity (Wildman–Crippen MR) is 54.8 cm³/mol. The second-order valence-corrected chi connectivity index (χ2v) is 3.33. The summed E-state index contributed by atoms with van der Waals surface area (Å²) in [6.45, 7) is 3.84. The van der Waals surface area contributed by atoms with Gasteiger partial charge in [0.2, 0.25) is 5.91 Å². The van der Waals surface area contributed by atoms with Crippen LogP contribution in [0.1, 0.15) is 46.0 Å². The molecule has 0 spiro atoms. The standard InChI is InChI=1S/C10H20N2O/c1-3-4-5-6-7-9(11)8(2)10(12)13/h3-7,11H2,1-2H3,(H2,12,13). The SMILES string of the molecule is CCCCCCC(N)=C(C)C(N)=O. The van der Waals surface area contributed by atoms with Crippen LogP contribution in [0.2, 0.25) is 0 Å². The number of hydrogen-bond acceptors (Lipinski definition) is 2. The molecule has 0 radical (unpaired) electrons. The van der Waals surface area contributed by atoms with Crippen LogP contribution in [0.15, 0.2) is 11.3 Å². The first-order valence-electron chi connectivity index (χ1n) is 4.84. The van der Waals surface area contributed by atoms with E-state index >= 15 is 0 Å². The first kappa shape index (κ1) is 12.0. The fourth-order valence-electron chi connectivity index (χ4n) is 1.09. The minimum absolute atomic E-state index is 0.409. The Morgan fingerprint density at radius 1 is 1.15 bits per heavy atom. The zero-order chi connectivity index (χ0) is 10.3. The molecule has 0 heterocycles. The van der Waals surface area contributed by atoms with Crippen molar-refractivity contribution in [3.8, 4) is 0 Å². The smallest absolute Gasteiger partial charge is 0.246 e. The van der Waals surface area contributed by atoms with Crippen LogP contribution in [0, 0.1) is 0 Å². The van der Waals surface area contributed by atoms with E-state index in [4.69, 9.17) is 11.5 Å². The van der Waals surface area contributed by atoms with Gasteiger partial charge >= 0.3 is 0 Å². The van der Waals surface area contributed by atoms with Gasteiger partial charge in [0.1, 0.15) is 0 Å². The number of nitrogens with two attached hydrogens (primary N) is 2. The van der Waals surface area contributed by atoms with Crippen LogP contribution >= 0.6 is 0 Å². The summed E-state index contributed by atoms with van der Waals surface area (Å²) in [5.41, 5.74) is 11.9. The van der Waals surface area contributed by atoms with Gasteiger partial charge in [0, 0.05) is 11.3 Å². The number of carbonyl (C=O) groups is 1. The highest BCUT2D eigenvalue weighted by Gasteiger charge is 2.02. The van der Waals surface area contributed by atoms with Gasteiger partial charge in [0.05, 0.1) is 0 Å². The molecule has 0 aromatic heterocycles. The van der Waals surface area contributed by atoms with E-state index in [1.807, 2.05) is 0 Å². The second kappa shape index (κ2) is 6.52. The summed E-state index contributed by atoms with van der Waals surface area (Å²) >= 11 is 0. The Balaban J connectivity index is 3.79. The molecule has 0 saturated heterocycles. The van der Waals surface area contributed by atoms with Crippen LogP contribution in [0.5, 0.6) is 0 Å². The predicted octanol–water partition coefficient (Wildman–Crippen LogP) is 1.67. The molecule has 76 valence electrons. The number of rotatable bonds is 6. The van der Waals surface area contributed by atoms with Crippen LogP contribution in [-0.2, 0) is 4.79 Å².